The Morgan fingerprint density at radius 2 is 1.85 bits per heavy atom. The number of para-hydroxylation sites is 1. The van der Waals surface area contributed by atoms with E-state index in [2.05, 4.69) is 15.3 Å². The first-order chi connectivity index (χ1) is 16.6. The second kappa shape index (κ2) is 9.46. The van der Waals surface area contributed by atoms with E-state index in [1.165, 1.54) is 15.9 Å². The van der Waals surface area contributed by atoms with Crippen LogP contribution in [0.5, 0.6) is 5.88 Å². The highest BCUT2D eigenvalue weighted by Gasteiger charge is 2.34. The van der Waals surface area contributed by atoms with Crippen LogP contribution in [-0.4, -0.2) is 80.5 Å². The topological polar surface area (TPSA) is 96.7 Å². The van der Waals surface area contributed by atoms with E-state index in [4.69, 9.17) is 4.74 Å². The highest BCUT2D eigenvalue weighted by Crippen LogP contribution is 2.24. The molecule has 2 saturated heterocycles. The third-order valence-corrected chi connectivity index (χ3v) is 6.01. The maximum absolute atomic E-state index is 14.1. The molecule has 176 valence electrons. The quantitative estimate of drug-likeness (QED) is 0.553. The molecule has 5 rings (SSSR count). The van der Waals surface area contributed by atoms with Gasteiger partial charge in [-0.05, 0) is 24.3 Å². The molecule has 1 aromatic carbocycles. The van der Waals surface area contributed by atoms with Gasteiger partial charge in [-0.15, -0.1) is 10.2 Å². The van der Waals surface area contributed by atoms with E-state index in [0.29, 0.717) is 50.7 Å². The number of ether oxygens (including phenoxy) is 1. The van der Waals surface area contributed by atoms with E-state index >= 15 is 0 Å². The molecule has 0 radical (unpaired) electrons. The van der Waals surface area contributed by atoms with Gasteiger partial charge < -0.3 is 14.5 Å². The third-order valence-electron chi connectivity index (χ3n) is 6.01. The molecule has 10 nitrogen and oxygen atoms in total. The molecule has 4 heterocycles. The second-order valence-electron chi connectivity index (χ2n) is 8.19. The van der Waals surface area contributed by atoms with E-state index in [1.54, 1.807) is 58.4 Å². The third kappa shape index (κ3) is 4.54. The molecule has 0 unspecified atom stereocenters. The number of hydrogen-bond donors (Lipinski definition) is 0. The van der Waals surface area contributed by atoms with Crippen molar-refractivity contribution in [1.29, 1.82) is 0 Å². The highest BCUT2D eigenvalue weighted by atomic mass is 19.1. The molecule has 2 aliphatic heterocycles. The minimum absolute atomic E-state index is 0.0182. The lowest BCUT2D eigenvalue weighted by Gasteiger charge is -2.32. The van der Waals surface area contributed by atoms with Crippen LogP contribution in [-0.2, 0) is 4.79 Å². The van der Waals surface area contributed by atoms with E-state index in [1.807, 2.05) is 0 Å². The number of aromatic nitrogens is 4. The number of likely N-dealkylation sites (tertiary alicyclic amines) is 1. The van der Waals surface area contributed by atoms with Gasteiger partial charge in [0.05, 0.1) is 5.69 Å². The van der Waals surface area contributed by atoms with E-state index < -0.39 is 5.82 Å². The van der Waals surface area contributed by atoms with Crippen molar-refractivity contribution in [2.75, 3.05) is 37.6 Å². The maximum Gasteiger partial charge on any atom is 0.325 e. The monoisotopic (exact) mass is 465 g/mol. The molecular formula is C23H24FN7O3. The lowest BCUT2D eigenvalue weighted by Crippen LogP contribution is -2.47. The van der Waals surface area contributed by atoms with Gasteiger partial charge in [0.15, 0.2) is 5.82 Å². The second-order valence-corrected chi connectivity index (χ2v) is 8.19. The molecule has 11 heteroatoms. The van der Waals surface area contributed by atoms with E-state index in [9.17, 15) is 14.0 Å². The number of rotatable bonds is 6. The number of halogens is 1. The SMILES string of the molecule is O=C(CN1CCN(c2ccccc2F)C1=O)N1CCC(Oc2ccc(-n3cccn3)nn2)CC1. The Labute approximate surface area is 195 Å². The Morgan fingerprint density at radius 3 is 2.56 bits per heavy atom. The standard InChI is InChI=1S/C23H24FN7O3/c24-18-4-1-2-5-19(18)30-15-14-29(23(30)33)16-22(32)28-12-8-17(9-13-28)34-21-7-6-20(26-27-21)31-11-3-10-25-31/h1-7,10-11,17H,8-9,12-16H2. The predicted molar refractivity (Wildman–Crippen MR) is 120 cm³/mol. The van der Waals surface area contributed by atoms with Crippen LogP contribution >= 0.6 is 0 Å². The zero-order valence-electron chi connectivity index (χ0n) is 18.5. The van der Waals surface area contributed by atoms with Crippen LogP contribution in [0, 0.1) is 5.82 Å². The summed E-state index contributed by atoms with van der Waals surface area (Å²) in [5.41, 5.74) is 0.237. The number of nitrogens with zero attached hydrogens (tertiary/aromatic N) is 7. The molecule has 0 aliphatic carbocycles. The fourth-order valence-electron chi connectivity index (χ4n) is 4.18. The van der Waals surface area contributed by atoms with Crippen molar-refractivity contribution in [2.45, 2.75) is 18.9 Å². The number of carbonyl (C=O) groups excluding carboxylic acids is 2. The molecule has 34 heavy (non-hydrogen) atoms. The largest absolute Gasteiger partial charge is 0.473 e. The van der Waals surface area contributed by atoms with Crippen molar-refractivity contribution >= 4 is 17.6 Å². The fourth-order valence-corrected chi connectivity index (χ4v) is 4.18. The number of piperidine rings is 1. The summed E-state index contributed by atoms with van der Waals surface area (Å²) >= 11 is 0. The molecule has 0 bridgehead atoms. The van der Waals surface area contributed by atoms with Gasteiger partial charge in [-0.2, -0.15) is 5.10 Å². The first-order valence-electron chi connectivity index (χ1n) is 11.2. The molecule has 3 amide bonds. The van der Waals surface area contributed by atoms with Crippen molar-refractivity contribution in [2.24, 2.45) is 0 Å². The fraction of sp³-hybridized carbons (Fsp3) is 0.348. The van der Waals surface area contributed by atoms with Crippen molar-refractivity contribution in [3.8, 4) is 11.7 Å². The number of benzene rings is 1. The van der Waals surface area contributed by atoms with Crippen LogP contribution in [0.3, 0.4) is 0 Å². The lowest BCUT2D eigenvalue weighted by atomic mass is 10.1. The number of amides is 3. The molecule has 0 saturated carbocycles. The van der Waals surface area contributed by atoms with E-state index in [-0.39, 0.29) is 30.3 Å². The normalized spacial score (nSPS) is 16.9. The number of urea groups is 1. The number of hydrogen-bond acceptors (Lipinski definition) is 6. The molecule has 0 spiro atoms. The zero-order chi connectivity index (χ0) is 23.5. The first kappa shape index (κ1) is 21.8. The molecule has 0 atom stereocenters. The summed E-state index contributed by atoms with van der Waals surface area (Å²) in [6.07, 6.45) is 4.69. The van der Waals surface area contributed by atoms with Gasteiger partial charge in [0.1, 0.15) is 18.5 Å². The van der Waals surface area contributed by atoms with Gasteiger partial charge in [-0.25, -0.2) is 13.9 Å². The summed E-state index contributed by atoms with van der Waals surface area (Å²) < 4.78 is 21.6. The zero-order valence-corrected chi connectivity index (χ0v) is 18.5. The van der Waals surface area contributed by atoms with Crippen molar-refractivity contribution < 1.29 is 18.7 Å². The van der Waals surface area contributed by atoms with Crippen LogP contribution in [0.15, 0.2) is 54.9 Å². The summed E-state index contributed by atoms with van der Waals surface area (Å²) in [4.78, 5) is 30.1. The van der Waals surface area contributed by atoms with Crippen molar-refractivity contribution in [1.82, 2.24) is 29.8 Å². The molecular weight excluding hydrogens is 441 g/mol. The molecule has 0 N–H and O–H groups in total. The van der Waals surface area contributed by atoms with Crippen molar-refractivity contribution in [3.05, 3.63) is 60.7 Å². The summed E-state index contributed by atoms with van der Waals surface area (Å²) in [7, 11) is 0. The minimum atomic E-state index is -0.452. The van der Waals surface area contributed by atoms with Crippen LogP contribution < -0.4 is 9.64 Å². The molecule has 2 aliphatic rings. The number of carbonyl (C=O) groups is 2. The predicted octanol–water partition coefficient (Wildman–Crippen LogP) is 2.11. The van der Waals surface area contributed by atoms with Gasteiger partial charge in [0, 0.05) is 57.5 Å². The average Bonchev–Trinajstić information content (AvgIpc) is 3.51. The summed E-state index contributed by atoms with van der Waals surface area (Å²) in [6, 6.07) is 11.1. The Hall–Kier alpha value is -4.02. The summed E-state index contributed by atoms with van der Waals surface area (Å²) in [5.74, 6) is 0.455. The first-order valence-corrected chi connectivity index (χ1v) is 11.2. The number of anilines is 1. The Balaban J connectivity index is 1.10. The summed E-state index contributed by atoms with van der Waals surface area (Å²) in [6.45, 7) is 1.77. The molecule has 2 aromatic heterocycles. The Kier molecular flexibility index (Phi) is 6.07. The van der Waals surface area contributed by atoms with Gasteiger partial charge in [0.2, 0.25) is 11.8 Å². The van der Waals surface area contributed by atoms with Crippen LogP contribution in [0.2, 0.25) is 0 Å². The Bertz CT molecular complexity index is 1150. The van der Waals surface area contributed by atoms with Crippen LogP contribution in [0.25, 0.3) is 5.82 Å². The van der Waals surface area contributed by atoms with Gasteiger partial charge in [0.25, 0.3) is 0 Å². The molecule has 3 aromatic rings. The van der Waals surface area contributed by atoms with Crippen LogP contribution in [0.4, 0.5) is 14.9 Å². The van der Waals surface area contributed by atoms with Gasteiger partial charge in [-0.3, -0.25) is 9.69 Å². The summed E-state index contributed by atoms with van der Waals surface area (Å²) in [5, 5.41) is 12.3. The highest BCUT2D eigenvalue weighted by molar-refractivity contribution is 5.96. The van der Waals surface area contributed by atoms with Crippen LogP contribution in [0.1, 0.15) is 12.8 Å². The van der Waals surface area contributed by atoms with Gasteiger partial charge in [-0.1, -0.05) is 12.1 Å². The Morgan fingerprint density at radius 1 is 1.03 bits per heavy atom. The smallest absolute Gasteiger partial charge is 0.325 e. The minimum Gasteiger partial charge on any atom is -0.473 e. The van der Waals surface area contributed by atoms with Crippen molar-refractivity contribution in [3.63, 3.8) is 0 Å². The maximum atomic E-state index is 14.1. The molecule has 2 fully saturated rings. The van der Waals surface area contributed by atoms with Gasteiger partial charge >= 0.3 is 6.03 Å². The van der Waals surface area contributed by atoms with E-state index in [0.717, 1.165) is 0 Å². The lowest BCUT2D eigenvalue weighted by molar-refractivity contribution is -0.133. The average molecular weight is 465 g/mol.